The van der Waals surface area contributed by atoms with Gasteiger partial charge in [-0.05, 0) is 31.0 Å². The highest BCUT2D eigenvalue weighted by Crippen LogP contribution is 2.22. The summed E-state index contributed by atoms with van der Waals surface area (Å²) < 4.78 is 16.3. The summed E-state index contributed by atoms with van der Waals surface area (Å²) >= 11 is 5.91. The van der Waals surface area contributed by atoms with Crippen molar-refractivity contribution in [3.05, 3.63) is 51.5 Å². The van der Waals surface area contributed by atoms with Gasteiger partial charge in [-0.3, -0.25) is 14.2 Å². The topological polar surface area (TPSA) is 81.8 Å². The molecule has 0 bridgehead atoms. The Bertz CT molecular complexity index is 1090. The zero-order chi connectivity index (χ0) is 19.0. The monoisotopic (exact) mass is 389 g/mol. The van der Waals surface area contributed by atoms with Crippen LogP contribution in [0.1, 0.15) is 25.1 Å². The number of amides is 1. The van der Waals surface area contributed by atoms with Crippen molar-refractivity contribution in [1.29, 1.82) is 0 Å². The molecule has 3 aromatic rings. The number of imidazole rings is 1. The minimum absolute atomic E-state index is 0.0853. The Kier molecular flexibility index (Phi) is 4.65. The SMILES string of the molecule is O=C(Cn1cnc2c(nc3n2CCCCC3)c1=O)Nc1ccc(F)cc1Cl. The van der Waals surface area contributed by atoms with Crippen LogP contribution < -0.4 is 10.9 Å². The molecule has 140 valence electrons. The van der Waals surface area contributed by atoms with Gasteiger partial charge >= 0.3 is 0 Å². The third-order valence-corrected chi connectivity index (χ3v) is 4.92. The average Bonchev–Trinajstić information content (AvgIpc) is 2.82. The first-order valence-electron chi connectivity index (χ1n) is 8.72. The summed E-state index contributed by atoms with van der Waals surface area (Å²) in [5, 5.41) is 2.65. The smallest absolute Gasteiger partial charge is 0.282 e. The van der Waals surface area contributed by atoms with Gasteiger partial charge in [-0.2, -0.15) is 0 Å². The molecule has 7 nitrogen and oxygen atoms in total. The van der Waals surface area contributed by atoms with Gasteiger partial charge in [0.1, 0.15) is 24.5 Å². The van der Waals surface area contributed by atoms with Gasteiger partial charge in [0, 0.05) is 13.0 Å². The summed E-state index contributed by atoms with van der Waals surface area (Å²) in [6.07, 6.45) is 5.38. The molecule has 1 aromatic carbocycles. The molecule has 1 amide bonds. The van der Waals surface area contributed by atoms with Crippen LogP contribution in [0.3, 0.4) is 0 Å². The summed E-state index contributed by atoms with van der Waals surface area (Å²) in [4.78, 5) is 33.8. The molecule has 0 saturated heterocycles. The van der Waals surface area contributed by atoms with Crippen molar-refractivity contribution in [1.82, 2.24) is 19.1 Å². The lowest BCUT2D eigenvalue weighted by atomic mass is 10.2. The van der Waals surface area contributed by atoms with Crippen molar-refractivity contribution in [2.24, 2.45) is 0 Å². The van der Waals surface area contributed by atoms with Crippen LogP contribution in [0.15, 0.2) is 29.3 Å². The van der Waals surface area contributed by atoms with Gasteiger partial charge in [0.05, 0.1) is 10.7 Å². The van der Waals surface area contributed by atoms with Gasteiger partial charge in [0.15, 0.2) is 11.2 Å². The van der Waals surface area contributed by atoms with Crippen LogP contribution in [-0.4, -0.2) is 25.0 Å². The van der Waals surface area contributed by atoms with E-state index >= 15 is 0 Å². The quantitative estimate of drug-likeness (QED) is 0.746. The van der Waals surface area contributed by atoms with Crippen molar-refractivity contribution in [3.63, 3.8) is 0 Å². The fourth-order valence-electron chi connectivity index (χ4n) is 3.28. The molecule has 0 fully saturated rings. The van der Waals surface area contributed by atoms with Gasteiger partial charge in [-0.1, -0.05) is 18.0 Å². The average molecular weight is 390 g/mol. The number of carbonyl (C=O) groups is 1. The van der Waals surface area contributed by atoms with Crippen molar-refractivity contribution >= 4 is 34.4 Å². The highest BCUT2D eigenvalue weighted by atomic mass is 35.5. The number of halogens is 2. The van der Waals surface area contributed by atoms with Crippen LogP contribution in [0.2, 0.25) is 5.02 Å². The van der Waals surface area contributed by atoms with Crippen LogP contribution in [0.5, 0.6) is 0 Å². The van der Waals surface area contributed by atoms with Crippen molar-refractivity contribution in [3.8, 4) is 0 Å². The maximum absolute atomic E-state index is 13.1. The largest absolute Gasteiger partial charge is 0.323 e. The number of benzene rings is 1. The summed E-state index contributed by atoms with van der Waals surface area (Å²) in [6, 6.07) is 3.67. The first kappa shape index (κ1) is 17.7. The Hall–Kier alpha value is -2.74. The second kappa shape index (κ2) is 7.11. The predicted molar refractivity (Wildman–Crippen MR) is 99.4 cm³/mol. The lowest BCUT2D eigenvalue weighted by Crippen LogP contribution is -2.28. The second-order valence-corrected chi connectivity index (χ2v) is 6.92. The molecule has 0 atom stereocenters. The fraction of sp³-hybridized carbons (Fsp3) is 0.333. The Labute approximate surface area is 158 Å². The summed E-state index contributed by atoms with van der Waals surface area (Å²) in [5.74, 6) is -0.0941. The number of carbonyl (C=O) groups excluding carboxylic acids is 1. The maximum Gasteiger partial charge on any atom is 0.282 e. The van der Waals surface area contributed by atoms with E-state index in [2.05, 4.69) is 15.3 Å². The molecular weight excluding hydrogens is 373 g/mol. The van der Waals surface area contributed by atoms with E-state index in [1.54, 1.807) is 0 Å². The van der Waals surface area contributed by atoms with Crippen LogP contribution in [0, 0.1) is 5.82 Å². The lowest BCUT2D eigenvalue weighted by molar-refractivity contribution is -0.116. The predicted octanol–water partition coefficient (Wildman–Crippen LogP) is 2.75. The number of rotatable bonds is 3. The molecule has 0 saturated carbocycles. The molecule has 0 unspecified atom stereocenters. The summed E-state index contributed by atoms with van der Waals surface area (Å²) in [6.45, 7) is 0.559. The second-order valence-electron chi connectivity index (χ2n) is 6.51. The molecule has 1 aliphatic rings. The van der Waals surface area contributed by atoms with E-state index in [4.69, 9.17) is 11.6 Å². The number of anilines is 1. The normalized spacial score (nSPS) is 14.0. The molecule has 1 N–H and O–H groups in total. The fourth-order valence-corrected chi connectivity index (χ4v) is 3.49. The van der Waals surface area contributed by atoms with Gasteiger partial charge < -0.3 is 9.88 Å². The van der Waals surface area contributed by atoms with Crippen molar-refractivity contribution in [2.45, 2.75) is 38.8 Å². The number of aryl methyl sites for hydroxylation is 2. The highest BCUT2D eigenvalue weighted by molar-refractivity contribution is 6.33. The molecule has 27 heavy (non-hydrogen) atoms. The number of nitrogens with zero attached hydrogens (tertiary/aromatic N) is 4. The Morgan fingerprint density at radius 3 is 2.96 bits per heavy atom. The van der Waals surface area contributed by atoms with Crippen LogP contribution in [0.25, 0.3) is 11.2 Å². The zero-order valence-electron chi connectivity index (χ0n) is 14.4. The highest BCUT2D eigenvalue weighted by Gasteiger charge is 2.18. The van der Waals surface area contributed by atoms with E-state index in [1.807, 2.05) is 4.57 Å². The molecule has 1 aliphatic heterocycles. The lowest BCUT2D eigenvalue weighted by Gasteiger charge is -2.09. The Balaban J connectivity index is 1.59. The number of hydrogen-bond acceptors (Lipinski definition) is 4. The van der Waals surface area contributed by atoms with Gasteiger partial charge in [0.25, 0.3) is 5.56 Å². The Morgan fingerprint density at radius 2 is 2.15 bits per heavy atom. The minimum Gasteiger partial charge on any atom is -0.323 e. The van der Waals surface area contributed by atoms with E-state index in [1.165, 1.54) is 23.0 Å². The third-order valence-electron chi connectivity index (χ3n) is 4.60. The number of fused-ring (bicyclic) bond motifs is 3. The van der Waals surface area contributed by atoms with E-state index < -0.39 is 11.7 Å². The van der Waals surface area contributed by atoms with E-state index in [0.29, 0.717) is 5.65 Å². The van der Waals surface area contributed by atoms with Gasteiger partial charge in [-0.15, -0.1) is 0 Å². The minimum atomic E-state index is -0.497. The number of aromatic nitrogens is 4. The third kappa shape index (κ3) is 3.44. The standard InChI is InChI=1S/C18H17ClFN5O2/c19-12-8-11(20)5-6-13(12)22-15(26)9-24-10-21-17-16(18(24)27)23-14-4-2-1-3-7-25(14)17/h5-6,8,10H,1-4,7,9H2,(H,22,26). The Morgan fingerprint density at radius 1 is 1.30 bits per heavy atom. The van der Waals surface area contributed by atoms with Crippen molar-refractivity contribution < 1.29 is 9.18 Å². The van der Waals surface area contributed by atoms with Crippen LogP contribution >= 0.6 is 11.6 Å². The molecule has 0 radical (unpaired) electrons. The molecule has 9 heteroatoms. The molecule has 4 rings (SSSR count). The molecule has 0 spiro atoms. The van der Waals surface area contributed by atoms with E-state index in [0.717, 1.165) is 44.1 Å². The summed E-state index contributed by atoms with van der Waals surface area (Å²) in [5.41, 5.74) is 0.761. The first-order valence-corrected chi connectivity index (χ1v) is 9.10. The molecular formula is C18H17ClFN5O2. The number of hydrogen-bond donors (Lipinski definition) is 1. The van der Waals surface area contributed by atoms with Crippen molar-refractivity contribution in [2.75, 3.05) is 5.32 Å². The van der Waals surface area contributed by atoms with Crippen LogP contribution in [0.4, 0.5) is 10.1 Å². The zero-order valence-corrected chi connectivity index (χ0v) is 15.2. The van der Waals surface area contributed by atoms with Crippen LogP contribution in [-0.2, 0) is 24.3 Å². The van der Waals surface area contributed by atoms with Gasteiger partial charge in [-0.25, -0.2) is 14.4 Å². The molecule has 3 heterocycles. The van der Waals surface area contributed by atoms with E-state index in [9.17, 15) is 14.0 Å². The maximum atomic E-state index is 13.1. The number of nitrogens with one attached hydrogen (secondary N) is 1. The molecule has 2 aromatic heterocycles. The molecule has 0 aliphatic carbocycles. The first-order chi connectivity index (χ1) is 13.0. The van der Waals surface area contributed by atoms with E-state index in [-0.39, 0.29) is 28.3 Å². The van der Waals surface area contributed by atoms with Gasteiger partial charge in [0.2, 0.25) is 5.91 Å². The summed E-state index contributed by atoms with van der Waals surface area (Å²) in [7, 11) is 0.